The molecule has 2 heterocycles. The lowest BCUT2D eigenvalue weighted by Crippen LogP contribution is -2.31. The lowest BCUT2D eigenvalue weighted by atomic mass is 10.2. The molecule has 98 valence electrons. The summed E-state index contributed by atoms with van der Waals surface area (Å²) in [6.07, 6.45) is 2.19. The number of hydrogen-bond acceptors (Lipinski definition) is 4. The number of pyridine rings is 1. The van der Waals surface area contributed by atoms with Crippen LogP contribution in [0.15, 0.2) is 12.1 Å². The first-order valence-corrected chi connectivity index (χ1v) is 6.18. The number of aromatic carboxylic acids is 1. The maximum absolute atomic E-state index is 11.0. The summed E-state index contributed by atoms with van der Waals surface area (Å²) in [5.41, 5.74) is 0.0417. The molecule has 1 aliphatic heterocycles. The van der Waals surface area contributed by atoms with Gasteiger partial charge in [-0.2, -0.15) is 0 Å². The minimum atomic E-state index is -1.06. The summed E-state index contributed by atoms with van der Waals surface area (Å²) < 4.78 is 5.52. The number of carbonyl (C=O) groups is 1. The molecule has 0 spiro atoms. The molecule has 0 bridgehead atoms. The number of likely N-dealkylation sites (tertiary alicyclic amines) is 1. The van der Waals surface area contributed by atoms with E-state index in [4.69, 9.17) is 21.4 Å². The van der Waals surface area contributed by atoms with Gasteiger partial charge in [-0.25, -0.2) is 9.78 Å². The zero-order valence-electron chi connectivity index (χ0n) is 10.1. The third-order valence-corrected chi connectivity index (χ3v) is 3.35. The van der Waals surface area contributed by atoms with Crippen LogP contribution >= 0.6 is 11.6 Å². The maximum Gasteiger partial charge on any atom is 0.341 e. The van der Waals surface area contributed by atoms with E-state index in [1.807, 2.05) is 7.05 Å². The van der Waals surface area contributed by atoms with Gasteiger partial charge in [-0.05, 0) is 38.6 Å². The van der Waals surface area contributed by atoms with Gasteiger partial charge >= 0.3 is 5.97 Å². The molecule has 18 heavy (non-hydrogen) atoms. The first kappa shape index (κ1) is 13.1. The van der Waals surface area contributed by atoms with Crippen LogP contribution in [-0.4, -0.2) is 47.2 Å². The van der Waals surface area contributed by atoms with Crippen molar-refractivity contribution in [3.05, 3.63) is 22.8 Å². The van der Waals surface area contributed by atoms with Gasteiger partial charge in [0.2, 0.25) is 5.88 Å². The van der Waals surface area contributed by atoms with Crippen LogP contribution in [0.3, 0.4) is 0 Å². The monoisotopic (exact) mass is 270 g/mol. The molecule has 0 aromatic carbocycles. The van der Waals surface area contributed by atoms with Crippen LogP contribution in [0.2, 0.25) is 5.15 Å². The third-order valence-electron chi connectivity index (χ3n) is 3.14. The molecular formula is C12H15ClN2O3. The number of ether oxygens (including phenoxy) is 1. The van der Waals surface area contributed by atoms with Crippen LogP contribution in [0, 0.1) is 0 Å². The van der Waals surface area contributed by atoms with E-state index >= 15 is 0 Å². The van der Waals surface area contributed by atoms with Gasteiger partial charge in [0.25, 0.3) is 0 Å². The summed E-state index contributed by atoms with van der Waals surface area (Å²) in [6, 6.07) is 3.16. The first-order chi connectivity index (χ1) is 8.58. The molecule has 0 aliphatic carbocycles. The predicted molar refractivity (Wildman–Crippen MR) is 67.4 cm³/mol. The largest absolute Gasteiger partial charge is 0.477 e. The van der Waals surface area contributed by atoms with Gasteiger partial charge in [0.1, 0.15) is 17.3 Å². The van der Waals surface area contributed by atoms with Crippen molar-refractivity contribution in [1.29, 1.82) is 0 Å². The van der Waals surface area contributed by atoms with Gasteiger partial charge in [-0.1, -0.05) is 11.6 Å². The summed E-state index contributed by atoms with van der Waals surface area (Å²) in [5.74, 6) is -0.968. The number of carboxylic acid groups (broad SMARTS) is 1. The Bertz CT molecular complexity index is 453. The van der Waals surface area contributed by atoms with E-state index in [0.717, 1.165) is 19.4 Å². The zero-order chi connectivity index (χ0) is 13.1. The van der Waals surface area contributed by atoms with E-state index < -0.39 is 5.97 Å². The highest BCUT2D eigenvalue weighted by Gasteiger charge is 2.22. The second-order valence-electron chi connectivity index (χ2n) is 4.38. The van der Waals surface area contributed by atoms with Crippen molar-refractivity contribution in [3.8, 4) is 5.88 Å². The number of rotatable bonds is 4. The van der Waals surface area contributed by atoms with Gasteiger partial charge in [-0.15, -0.1) is 0 Å². The molecule has 2 rings (SSSR count). The predicted octanol–water partition coefficient (Wildman–Crippen LogP) is 1.91. The van der Waals surface area contributed by atoms with Gasteiger partial charge in [0.05, 0.1) is 0 Å². The van der Waals surface area contributed by atoms with Gasteiger partial charge < -0.3 is 14.7 Å². The van der Waals surface area contributed by atoms with E-state index in [2.05, 4.69) is 9.88 Å². The molecular weight excluding hydrogens is 256 g/mol. The second-order valence-corrected chi connectivity index (χ2v) is 4.77. The zero-order valence-corrected chi connectivity index (χ0v) is 10.9. The molecule has 1 aromatic heterocycles. The van der Waals surface area contributed by atoms with Crippen molar-refractivity contribution in [2.75, 3.05) is 20.2 Å². The highest BCUT2D eigenvalue weighted by Crippen LogP contribution is 2.21. The number of aromatic nitrogens is 1. The van der Waals surface area contributed by atoms with Crippen LogP contribution in [0.1, 0.15) is 23.2 Å². The van der Waals surface area contributed by atoms with Crippen molar-refractivity contribution in [3.63, 3.8) is 0 Å². The Kier molecular flexibility index (Phi) is 4.04. The van der Waals surface area contributed by atoms with E-state index in [-0.39, 0.29) is 16.6 Å². The van der Waals surface area contributed by atoms with Crippen molar-refractivity contribution < 1.29 is 14.6 Å². The molecule has 0 saturated carbocycles. The fourth-order valence-electron chi connectivity index (χ4n) is 2.06. The van der Waals surface area contributed by atoms with Crippen LogP contribution in [-0.2, 0) is 0 Å². The van der Waals surface area contributed by atoms with Crippen LogP contribution < -0.4 is 4.74 Å². The van der Waals surface area contributed by atoms with Crippen LogP contribution in [0.5, 0.6) is 5.88 Å². The van der Waals surface area contributed by atoms with Crippen molar-refractivity contribution in [1.82, 2.24) is 9.88 Å². The molecule has 0 amide bonds. The summed E-state index contributed by atoms with van der Waals surface area (Å²) in [5, 5.41) is 9.26. The SMILES string of the molecule is CN1CCC[C@@H]1COc1nc(Cl)ccc1C(=O)O. The highest BCUT2D eigenvalue weighted by molar-refractivity contribution is 6.29. The van der Waals surface area contributed by atoms with Crippen molar-refractivity contribution >= 4 is 17.6 Å². The van der Waals surface area contributed by atoms with Gasteiger partial charge in [0.15, 0.2) is 0 Å². The lowest BCUT2D eigenvalue weighted by Gasteiger charge is -2.19. The summed E-state index contributed by atoms with van der Waals surface area (Å²) >= 11 is 5.75. The van der Waals surface area contributed by atoms with Gasteiger partial charge in [0, 0.05) is 6.04 Å². The lowest BCUT2D eigenvalue weighted by molar-refractivity contribution is 0.0689. The Balaban J connectivity index is 2.08. The van der Waals surface area contributed by atoms with Crippen molar-refractivity contribution in [2.24, 2.45) is 0 Å². The Morgan fingerprint density at radius 3 is 3.06 bits per heavy atom. The number of likely N-dealkylation sites (N-methyl/N-ethyl adjacent to an activating group) is 1. The Morgan fingerprint density at radius 1 is 1.67 bits per heavy atom. The van der Waals surface area contributed by atoms with E-state index in [0.29, 0.717) is 12.6 Å². The second kappa shape index (κ2) is 5.54. The first-order valence-electron chi connectivity index (χ1n) is 5.81. The molecule has 1 aromatic rings. The average molecular weight is 271 g/mol. The summed E-state index contributed by atoms with van der Waals surface area (Å²) in [4.78, 5) is 17.1. The molecule has 1 fully saturated rings. The van der Waals surface area contributed by atoms with Crippen LogP contribution in [0.25, 0.3) is 0 Å². The normalized spacial score (nSPS) is 20.0. The van der Waals surface area contributed by atoms with E-state index in [1.54, 1.807) is 0 Å². The third kappa shape index (κ3) is 2.91. The van der Waals surface area contributed by atoms with E-state index in [9.17, 15) is 4.79 Å². The number of carboxylic acids is 1. The Morgan fingerprint density at radius 2 is 2.44 bits per heavy atom. The quantitative estimate of drug-likeness (QED) is 0.847. The summed E-state index contributed by atoms with van der Waals surface area (Å²) in [6.45, 7) is 1.48. The topological polar surface area (TPSA) is 62.7 Å². The van der Waals surface area contributed by atoms with Gasteiger partial charge in [-0.3, -0.25) is 0 Å². The van der Waals surface area contributed by atoms with Crippen molar-refractivity contribution in [2.45, 2.75) is 18.9 Å². The molecule has 6 heteroatoms. The standard InChI is InChI=1S/C12H15ClN2O3/c1-15-6-2-3-8(15)7-18-11-9(12(16)17)4-5-10(13)14-11/h4-5,8H,2-3,6-7H2,1H3,(H,16,17)/t8-/m1/s1. The fourth-order valence-corrected chi connectivity index (χ4v) is 2.20. The van der Waals surface area contributed by atoms with E-state index in [1.165, 1.54) is 12.1 Å². The molecule has 5 nitrogen and oxygen atoms in total. The molecule has 0 unspecified atom stereocenters. The maximum atomic E-state index is 11.0. The molecule has 0 radical (unpaired) electrons. The average Bonchev–Trinajstić information content (AvgIpc) is 2.72. The molecule has 1 aliphatic rings. The Hall–Kier alpha value is -1.33. The van der Waals surface area contributed by atoms with Crippen LogP contribution in [0.4, 0.5) is 0 Å². The highest BCUT2D eigenvalue weighted by atomic mass is 35.5. The Labute approximate surface area is 110 Å². The minimum absolute atomic E-state index is 0.0417. The number of nitrogens with zero attached hydrogens (tertiary/aromatic N) is 2. The summed E-state index contributed by atoms with van der Waals surface area (Å²) in [7, 11) is 2.03. The fraction of sp³-hybridized carbons (Fsp3) is 0.500. The minimum Gasteiger partial charge on any atom is -0.477 e. The molecule has 1 saturated heterocycles. The molecule has 1 atom stereocenters. The number of halogens is 1. The number of hydrogen-bond donors (Lipinski definition) is 1. The molecule has 1 N–H and O–H groups in total. The smallest absolute Gasteiger partial charge is 0.341 e.